The van der Waals surface area contributed by atoms with Crippen LogP contribution in [0.4, 0.5) is 0 Å². The Bertz CT molecular complexity index is 951. The standard InChI is InChI=1S/C13H17IO2.C10H11IO2.Al.3ClH/c1-5-12(15)10-7-13(16-8(2)3)9(4)6-11(10)14;1-3-9(12)7-5-10(13)6(2)4-8(7)11;;;;/h6-8H,5H2,1-4H3;4-5,13H,3H2,1-2H3;;3*1H/q;;+3;;;/p-3. The maximum atomic E-state index is 11.7. The second-order valence-corrected chi connectivity index (χ2v) is 15.9. The van der Waals surface area contributed by atoms with Gasteiger partial charge in [-0.25, -0.2) is 30.1 Å². The zero-order chi connectivity index (χ0) is 25.9. The molecule has 0 radical (unpaired) electrons. The van der Waals surface area contributed by atoms with Crippen LogP contribution in [0.25, 0.3) is 0 Å². The number of carbonyl (C=O) groups excluding carboxylic acids is 2. The van der Waals surface area contributed by atoms with E-state index < -0.39 is 11.4 Å². The van der Waals surface area contributed by atoms with Crippen LogP contribution in [0.5, 0.6) is 11.5 Å². The molecule has 182 valence electrons. The minimum atomic E-state index is -1.72. The lowest BCUT2D eigenvalue weighted by Crippen LogP contribution is -2.09. The van der Waals surface area contributed by atoms with E-state index in [2.05, 4.69) is 45.2 Å². The minimum Gasteiger partial charge on any atom is -0.508 e. The Labute approximate surface area is 241 Å². The van der Waals surface area contributed by atoms with Gasteiger partial charge in [0.25, 0.3) is 0 Å². The van der Waals surface area contributed by atoms with Gasteiger partial charge in [0.05, 0.1) is 6.10 Å². The molecule has 0 saturated carbocycles. The van der Waals surface area contributed by atoms with E-state index in [1.165, 1.54) is 0 Å². The number of phenolic OH excluding ortho intramolecular Hbond substituents is 1. The zero-order valence-electron chi connectivity index (χ0n) is 19.4. The van der Waals surface area contributed by atoms with Gasteiger partial charge in [-0.15, -0.1) is 0 Å². The van der Waals surface area contributed by atoms with E-state index in [9.17, 15) is 14.7 Å². The summed E-state index contributed by atoms with van der Waals surface area (Å²) in [5.74, 6) is 1.24. The molecule has 0 heterocycles. The first-order valence-electron chi connectivity index (χ1n) is 10.2. The maximum Gasteiger partial charge on any atom is 0.643 e. The SMILES string of the molecule is CCC(=O)c1cc(O)c(C)cc1I.CCC(=O)c1cc(OC(C)C)c(C)cc1I.[Cl][Al]([Cl])[Cl]. The van der Waals surface area contributed by atoms with Crippen LogP contribution in [0.2, 0.25) is 0 Å². The van der Waals surface area contributed by atoms with Gasteiger partial charge in [-0.2, -0.15) is 0 Å². The van der Waals surface area contributed by atoms with Crippen molar-refractivity contribution >= 4 is 98.3 Å². The van der Waals surface area contributed by atoms with E-state index in [4.69, 9.17) is 34.9 Å². The molecule has 0 amide bonds. The highest BCUT2D eigenvalue weighted by Gasteiger charge is 2.13. The number of hydrogen-bond acceptors (Lipinski definition) is 4. The average molecular weight is 756 g/mol. The van der Waals surface area contributed by atoms with Crippen LogP contribution in [0, 0.1) is 21.0 Å². The number of hydrogen-bond donors (Lipinski definition) is 1. The van der Waals surface area contributed by atoms with Gasteiger partial charge in [-0.05, 0) is 108 Å². The van der Waals surface area contributed by atoms with Crippen molar-refractivity contribution in [2.75, 3.05) is 0 Å². The Morgan fingerprint density at radius 1 is 0.909 bits per heavy atom. The van der Waals surface area contributed by atoms with Crippen LogP contribution in [0.1, 0.15) is 72.4 Å². The quantitative estimate of drug-likeness (QED) is 0.183. The lowest BCUT2D eigenvalue weighted by Gasteiger charge is -2.14. The number of aryl methyl sites for hydroxylation is 2. The van der Waals surface area contributed by atoms with Gasteiger partial charge in [-0.1, -0.05) is 13.8 Å². The van der Waals surface area contributed by atoms with Gasteiger partial charge in [0.1, 0.15) is 11.5 Å². The highest BCUT2D eigenvalue weighted by molar-refractivity contribution is 14.1. The molecular formula is C23H28AlCl3I2O4. The van der Waals surface area contributed by atoms with E-state index >= 15 is 0 Å². The van der Waals surface area contributed by atoms with Gasteiger partial charge in [0.2, 0.25) is 0 Å². The predicted molar refractivity (Wildman–Crippen MR) is 158 cm³/mol. The normalized spacial score (nSPS) is 9.94. The van der Waals surface area contributed by atoms with E-state index in [1.807, 2.05) is 59.7 Å². The summed E-state index contributed by atoms with van der Waals surface area (Å²) in [5.41, 5.74) is 3.26. The molecule has 0 aromatic heterocycles. The van der Waals surface area contributed by atoms with Crippen molar-refractivity contribution in [3.8, 4) is 11.5 Å². The van der Waals surface area contributed by atoms with Crippen molar-refractivity contribution < 1.29 is 19.4 Å². The van der Waals surface area contributed by atoms with Crippen molar-refractivity contribution in [1.82, 2.24) is 0 Å². The Hall–Kier alpha value is 0.242. The molecule has 0 unspecified atom stereocenters. The number of carbonyl (C=O) groups is 2. The summed E-state index contributed by atoms with van der Waals surface area (Å²) < 4.78 is 7.58. The summed E-state index contributed by atoms with van der Waals surface area (Å²) in [6, 6.07) is 7.23. The number of ketones is 2. The topological polar surface area (TPSA) is 63.6 Å². The Morgan fingerprint density at radius 2 is 1.30 bits per heavy atom. The molecule has 0 atom stereocenters. The molecule has 0 spiro atoms. The first-order chi connectivity index (χ1) is 15.2. The third-order valence-electron chi connectivity index (χ3n) is 4.16. The molecule has 0 aliphatic heterocycles. The number of rotatable bonds is 6. The summed E-state index contributed by atoms with van der Waals surface area (Å²) >= 11 is 2.59. The van der Waals surface area contributed by atoms with E-state index in [-0.39, 0.29) is 23.4 Å². The molecule has 0 fully saturated rings. The van der Waals surface area contributed by atoms with Gasteiger partial charge < -0.3 is 9.84 Å². The number of ether oxygens (including phenoxy) is 1. The largest absolute Gasteiger partial charge is 0.643 e. The lowest BCUT2D eigenvalue weighted by molar-refractivity contribution is 0.0979. The summed E-state index contributed by atoms with van der Waals surface area (Å²) in [4.78, 5) is 23.1. The zero-order valence-corrected chi connectivity index (χ0v) is 27.2. The number of aromatic hydroxyl groups is 1. The summed E-state index contributed by atoms with van der Waals surface area (Å²) in [7, 11) is 14.8. The number of benzene rings is 2. The molecule has 1 N–H and O–H groups in total. The average Bonchev–Trinajstić information content (AvgIpc) is 2.71. The molecule has 2 aromatic rings. The van der Waals surface area contributed by atoms with Crippen LogP contribution < -0.4 is 4.74 Å². The Balaban J connectivity index is 0.000000542. The lowest BCUT2D eigenvalue weighted by atomic mass is 10.1. The third-order valence-corrected chi connectivity index (χ3v) is 5.94. The molecule has 0 aliphatic rings. The maximum absolute atomic E-state index is 11.7. The monoisotopic (exact) mass is 754 g/mol. The summed E-state index contributed by atoms with van der Waals surface area (Å²) in [5, 5.41) is 9.41. The molecular weight excluding hydrogens is 727 g/mol. The summed E-state index contributed by atoms with van der Waals surface area (Å²) in [6.45, 7) is 11.5. The number of phenols is 1. The first-order valence-corrected chi connectivity index (χ1v) is 17.6. The van der Waals surface area contributed by atoms with Crippen LogP contribution >= 0.6 is 75.3 Å². The Morgan fingerprint density at radius 3 is 1.70 bits per heavy atom. The molecule has 10 heteroatoms. The molecule has 0 saturated heterocycles. The highest BCUT2D eigenvalue weighted by Crippen LogP contribution is 2.26. The van der Waals surface area contributed by atoms with Gasteiger partial charge in [0.15, 0.2) is 11.6 Å². The van der Waals surface area contributed by atoms with Crippen molar-refractivity contribution in [1.29, 1.82) is 0 Å². The van der Waals surface area contributed by atoms with E-state index in [0.29, 0.717) is 18.4 Å². The van der Waals surface area contributed by atoms with Gasteiger partial charge >= 0.3 is 11.4 Å². The van der Waals surface area contributed by atoms with E-state index in [0.717, 1.165) is 29.6 Å². The Kier molecular flexibility index (Phi) is 17.0. The van der Waals surface area contributed by atoms with Gasteiger partial charge in [0, 0.05) is 31.1 Å². The smallest absolute Gasteiger partial charge is 0.508 e. The van der Waals surface area contributed by atoms with Crippen LogP contribution in [0.3, 0.4) is 0 Å². The molecule has 2 aromatic carbocycles. The minimum absolute atomic E-state index is 0.0692. The van der Waals surface area contributed by atoms with Crippen molar-refractivity contribution in [3.63, 3.8) is 0 Å². The fourth-order valence-electron chi connectivity index (χ4n) is 2.50. The first kappa shape index (κ1) is 33.2. The second-order valence-electron chi connectivity index (χ2n) is 7.18. The molecule has 0 bridgehead atoms. The van der Waals surface area contributed by atoms with Crippen LogP contribution in [-0.2, 0) is 0 Å². The van der Waals surface area contributed by atoms with Crippen LogP contribution in [-0.4, -0.2) is 34.2 Å². The third kappa shape index (κ3) is 12.7. The second kappa shape index (κ2) is 16.8. The summed E-state index contributed by atoms with van der Waals surface area (Å²) in [6.07, 6.45) is 1.13. The van der Waals surface area contributed by atoms with E-state index in [1.54, 1.807) is 6.07 Å². The molecule has 2 rings (SSSR count). The van der Waals surface area contributed by atoms with Crippen molar-refractivity contribution in [2.24, 2.45) is 0 Å². The molecule has 4 nitrogen and oxygen atoms in total. The van der Waals surface area contributed by atoms with Gasteiger partial charge in [-0.3, -0.25) is 9.59 Å². The molecule has 33 heavy (non-hydrogen) atoms. The van der Waals surface area contributed by atoms with Crippen molar-refractivity contribution in [2.45, 2.75) is 60.5 Å². The highest BCUT2D eigenvalue weighted by atomic mass is 127. The number of Topliss-reactive ketones (excluding diaryl/α,β-unsaturated/α-hetero) is 2. The fraction of sp³-hybridized carbons (Fsp3) is 0.391. The van der Waals surface area contributed by atoms with Crippen molar-refractivity contribution in [3.05, 3.63) is 53.7 Å². The number of halogens is 5. The predicted octanol–water partition coefficient (Wildman–Crippen LogP) is 8.57. The molecule has 0 aliphatic carbocycles. The van der Waals surface area contributed by atoms with Crippen LogP contribution in [0.15, 0.2) is 24.3 Å². The fourth-order valence-corrected chi connectivity index (χ4v) is 4.35.